The minimum atomic E-state index is -0.260. The Labute approximate surface area is 205 Å². The van der Waals surface area contributed by atoms with Crippen molar-refractivity contribution in [3.05, 3.63) is 47.3 Å². The standard InChI is InChI=1S/C28H42N4O2/c1-4-5-16-32-20-25(23(3)30-32)19-31-17-14-28(15-18-31)13-9-8-11-24-10-6-7-12-26(24)34-21-22(2)29-27(28)33/h6-7,10,12,20,22H,4-5,8-9,11,13-19,21H2,1-3H3,(H,29,33)/t22-/m1/s1. The van der Waals surface area contributed by atoms with Crippen molar-refractivity contribution in [2.24, 2.45) is 5.41 Å². The van der Waals surface area contributed by atoms with E-state index in [1.54, 1.807) is 0 Å². The number of benzene rings is 1. The van der Waals surface area contributed by atoms with Crippen LogP contribution in [0.5, 0.6) is 5.75 Å². The Bertz CT molecular complexity index is 946. The van der Waals surface area contributed by atoms with E-state index in [0.29, 0.717) is 6.61 Å². The molecule has 6 heteroatoms. The summed E-state index contributed by atoms with van der Waals surface area (Å²) in [7, 11) is 0. The molecule has 1 amide bonds. The average molecular weight is 467 g/mol. The predicted octanol–water partition coefficient (Wildman–Crippen LogP) is 4.88. The van der Waals surface area contributed by atoms with E-state index in [1.807, 2.05) is 19.1 Å². The van der Waals surface area contributed by atoms with E-state index in [2.05, 4.69) is 47.1 Å². The summed E-state index contributed by atoms with van der Waals surface area (Å²) < 4.78 is 8.19. The molecule has 0 bridgehead atoms. The highest BCUT2D eigenvalue weighted by Crippen LogP contribution is 2.38. The SMILES string of the molecule is CCCCn1cc(CN2CCC3(CCCCc4ccccc4OC[C@@H](C)NC3=O)CC2)c(C)n1. The van der Waals surface area contributed by atoms with Crippen LogP contribution >= 0.6 is 0 Å². The monoisotopic (exact) mass is 466 g/mol. The first-order valence-corrected chi connectivity index (χ1v) is 13.3. The fraction of sp³-hybridized carbons (Fsp3) is 0.643. The van der Waals surface area contributed by atoms with Gasteiger partial charge in [-0.1, -0.05) is 38.0 Å². The van der Waals surface area contributed by atoms with Crippen molar-refractivity contribution < 1.29 is 9.53 Å². The molecular formula is C28H42N4O2. The summed E-state index contributed by atoms with van der Waals surface area (Å²) in [6.45, 7) is 10.7. The van der Waals surface area contributed by atoms with Gasteiger partial charge in [-0.25, -0.2) is 0 Å². The summed E-state index contributed by atoms with van der Waals surface area (Å²) in [5.74, 6) is 1.18. The van der Waals surface area contributed by atoms with Crippen LogP contribution in [-0.4, -0.2) is 46.3 Å². The Morgan fingerprint density at radius 2 is 1.97 bits per heavy atom. The number of unbranched alkanes of at least 4 members (excludes halogenated alkanes) is 1. The molecule has 1 spiro atoms. The van der Waals surface area contributed by atoms with Crippen molar-refractivity contribution in [1.82, 2.24) is 20.0 Å². The van der Waals surface area contributed by atoms with Gasteiger partial charge in [-0.05, 0) is 77.1 Å². The number of fused-ring (bicyclic) bond motifs is 1. The fourth-order valence-corrected chi connectivity index (χ4v) is 5.38. The molecule has 0 radical (unpaired) electrons. The Balaban J connectivity index is 1.39. The van der Waals surface area contributed by atoms with Crippen LogP contribution in [0.1, 0.15) is 75.6 Å². The molecule has 1 fully saturated rings. The Hall–Kier alpha value is -2.34. The maximum Gasteiger partial charge on any atom is 0.226 e. The molecular weight excluding hydrogens is 424 g/mol. The number of nitrogens with one attached hydrogen (secondary N) is 1. The second-order valence-corrected chi connectivity index (χ2v) is 10.4. The number of para-hydroxylation sites is 1. The minimum Gasteiger partial charge on any atom is -0.491 e. The van der Waals surface area contributed by atoms with E-state index in [0.717, 1.165) is 82.6 Å². The normalized spacial score (nSPS) is 21.7. The summed E-state index contributed by atoms with van der Waals surface area (Å²) in [6, 6.07) is 8.32. The van der Waals surface area contributed by atoms with E-state index in [9.17, 15) is 4.79 Å². The molecule has 1 aromatic heterocycles. The number of ether oxygens (including phenoxy) is 1. The molecule has 3 heterocycles. The van der Waals surface area contributed by atoms with E-state index < -0.39 is 0 Å². The number of amides is 1. The second kappa shape index (κ2) is 11.4. The number of nitrogens with zero attached hydrogens (tertiary/aromatic N) is 3. The van der Waals surface area contributed by atoms with Crippen LogP contribution in [0.3, 0.4) is 0 Å². The quantitative estimate of drug-likeness (QED) is 0.682. The van der Waals surface area contributed by atoms with Gasteiger partial charge in [0, 0.05) is 24.8 Å². The number of rotatable bonds is 5. The van der Waals surface area contributed by atoms with Gasteiger partial charge in [0.1, 0.15) is 12.4 Å². The molecule has 0 saturated carbocycles. The summed E-state index contributed by atoms with van der Waals surface area (Å²) in [6.07, 6.45) is 10.5. The lowest BCUT2D eigenvalue weighted by atomic mass is 9.73. The number of aromatic nitrogens is 2. The minimum absolute atomic E-state index is 0.00787. The lowest BCUT2D eigenvalue weighted by Gasteiger charge is -2.41. The van der Waals surface area contributed by atoms with Crippen LogP contribution in [0, 0.1) is 12.3 Å². The molecule has 1 N–H and O–H groups in total. The van der Waals surface area contributed by atoms with Gasteiger partial charge in [-0.3, -0.25) is 14.4 Å². The van der Waals surface area contributed by atoms with E-state index >= 15 is 0 Å². The Morgan fingerprint density at radius 1 is 1.18 bits per heavy atom. The van der Waals surface area contributed by atoms with Crippen LogP contribution in [0.25, 0.3) is 0 Å². The van der Waals surface area contributed by atoms with Crippen LogP contribution in [0.4, 0.5) is 0 Å². The molecule has 2 aliphatic rings. The summed E-state index contributed by atoms with van der Waals surface area (Å²) in [4.78, 5) is 16.0. The molecule has 1 atom stereocenters. The van der Waals surface area contributed by atoms with Crippen molar-refractivity contribution in [3.8, 4) is 5.75 Å². The van der Waals surface area contributed by atoms with Crippen molar-refractivity contribution in [2.75, 3.05) is 19.7 Å². The fourth-order valence-electron chi connectivity index (χ4n) is 5.38. The summed E-state index contributed by atoms with van der Waals surface area (Å²) in [5.41, 5.74) is 3.47. The molecule has 4 rings (SSSR count). The van der Waals surface area contributed by atoms with Crippen LogP contribution in [-0.2, 0) is 24.3 Å². The second-order valence-electron chi connectivity index (χ2n) is 10.4. The highest BCUT2D eigenvalue weighted by molar-refractivity contribution is 5.83. The summed E-state index contributed by atoms with van der Waals surface area (Å²) >= 11 is 0. The molecule has 2 aromatic rings. The molecule has 6 nitrogen and oxygen atoms in total. The van der Waals surface area contributed by atoms with Crippen LogP contribution in [0.2, 0.25) is 0 Å². The van der Waals surface area contributed by atoms with Crippen molar-refractivity contribution >= 4 is 5.91 Å². The van der Waals surface area contributed by atoms with Gasteiger partial charge in [0.2, 0.25) is 5.91 Å². The van der Waals surface area contributed by atoms with Gasteiger partial charge < -0.3 is 10.1 Å². The van der Waals surface area contributed by atoms with Crippen LogP contribution in [0.15, 0.2) is 30.5 Å². The largest absolute Gasteiger partial charge is 0.491 e. The zero-order valence-electron chi connectivity index (χ0n) is 21.3. The maximum absolute atomic E-state index is 13.5. The molecule has 2 aliphatic heterocycles. The van der Waals surface area contributed by atoms with Gasteiger partial charge in [0.25, 0.3) is 0 Å². The number of carbonyl (C=O) groups is 1. The molecule has 1 saturated heterocycles. The zero-order valence-corrected chi connectivity index (χ0v) is 21.3. The number of aryl methyl sites for hydroxylation is 3. The van der Waals surface area contributed by atoms with E-state index in [4.69, 9.17) is 9.84 Å². The number of piperidine rings is 1. The molecule has 0 aliphatic carbocycles. The molecule has 186 valence electrons. The van der Waals surface area contributed by atoms with Gasteiger partial charge in [0.15, 0.2) is 0 Å². The smallest absolute Gasteiger partial charge is 0.226 e. The van der Waals surface area contributed by atoms with E-state index in [1.165, 1.54) is 17.5 Å². The van der Waals surface area contributed by atoms with Gasteiger partial charge in [0.05, 0.1) is 17.2 Å². The predicted molar refractivity (Wildman–Crippen MR) is 136 cm³/mol. The molecule has 34 heavy (non-hydrogen) atoms. The van der Waals surface area contributed by atoms with Crippen LogP contribution < -0.4 is 10.1 Å². The van der Waals surface area contributed by atoms with Gasteiger partial charge >= 0.3 is 0 Å². The zero-order chi connectivity index (χ0) is 24.0. The first-order valence-electron chi connectivity index (χ1n) is 13.3. The third kappa shape index (κ3) is 6.01. The topological polar surface area (TPSA) is 59.4 Å². The number of hydrogen-bond donors (Lipinski definition) is 1. The lowest BCUT2D eigenvalue weighted by Crippen LogP contribution is -2.51. The van der Waals surface area contributed by atoms with Crippen molar-refractivity contribution in [1.29, 1.82) is 0 Å². The van der Waals surface area contributed by atoms with E-state index in [-0.39, 0.29) is 17.4 Å². The number of carbonyl (C=O) groups excluding carboxylic acids is 1. The lowest BCUT2D eigenvalue weighted by molar-refractivity contribution is -0.135. The Morgan fingerprint density at radius 3 is 2.76 bits per heavy atom. The van der Waals surface area contributed by atoms with Crippen molar-refractivity contribution in [3.63, 3.8) is 0 Å². The first-order chi connectivity index (χ1) is 16.5. The summed E-state index contributed by atoms with van der Waals surface area (Å²) in [5, 5.41) is 8.00. The maximum atomic E-state index is 13.5. The van der Waals surface area contributed by atoms with Gasteiger partial charge in [-0.2, -0.15) is 5.10 Å². The third-order valence-electron chi connectivity index (χ3n) is 7.67. The molecule has 1 aromatic carbocycles. The van der Waals surface area contributed by atoms with Gasteiger partial charge in [-0.15, -0.1) is 0 Å². The first kappa shape index (κ1) is 24.8. The Kier molecular flexibility index (Phi) is 8.30. The highest BCUT2D eigenvalue weighted by atomic mass is 16.5. The highest BCUT2D eigenvalue weighted by Gasteiger charge is 2.41. The third-order valence-corrected chi connectivity index (χ3v) is 7.67. The van der Waals surface area contributed by atoms with Crippen molar-refractivity contribution in [2.45, 2.75) is 91.3 Å². The molecule has 0 unspecified atom stereocenters. The number of likely N-dealkylation sites (tertiary alicyclic amines) is 1. The average Bonchev–Trinajstić information content (AvgIpc) is 3.19. The number of hydrogen-bond acceptors (Lipinski definition) is 4.